The second-order valence-corrected chi connectivity index (χ2v) is 5.20. The number of ether oxygens (including phenoxy) is 2. The van der Waals surface area contributed by atoms with Gasteiger partial charge >= 0.3 is 0 Å². The zero-order valence-electron chi connectivity index (χ0n) is 11.0. The van der Waals surface area contributed by atoms with Crippen molar-refractivity contribution < 1.29 is 9.47 Å². The van der Waals surface area contributed by atoms with Gasteiger partial charge in [0.05, 0.1) is 7.11 Å². The first-order chi connectivity index (χ1) is 9.67. The molecular formula is C15H15ClN2O2. The molecule has 2 N–H and O–H groups in total. The highest BCUT2D eigenvalue weighted by Crippen LogP contribution is 2.40. The first-order valence-corrected chi connectivity index (χ1v) is 6.77. The van der Waals surface area contributed by atoms with Crippen LogP contribution in [0.4, 0.5) is 0 Å². The first-order valence-electron chi connectivity index (χ1n) is 6.39. The van der Waals surface area contributed by atoms with E-state index in [0.29, 0.717) is 17.3 Å². The lowest BCUT2D eigenvalue weighted by Crippen LogP contribution is -2.24. The first kappa shape index (κ1) is 13.2. The van der Waals surface area contributed by atoms with E-state index >= 15 is 0 Å². The molecule has 1 aliphatic heterocycles. The Morgan fingerprint density at radius 1 is 1.35 bits per heavy atom. The zero-order chi connectivity index (χ0) is 14.1. The number of aromatic nitrogens is 1. The Morgan fingerprint density at radius 3 is 2.90 bits per heavy atom. The van der Waals surface area contributed by atoms with Crippen molar-refractivity contribution in [2.45, 2.75) is 18.6 Å². The van der Waals surface area contributed by atoms with Gasteiger partial charge in [-0.2, -0.15) is 0 Å². The molecule has 0 radical (unpaired) electrons. The van der Waals surface area contributed by atoms with Crippen LogP contribution >= 0.6 is 11.6 Å². The fourth-order valence-electron chi connectivity index (χ4n) is 2.38. The highest BCUT2D eigenvalue weighted by atomic mass is 35.5. The molecule has 2 atom stereocenters. The Kier molecular flexibility index (Phi) is 3.51. The molecule has 1 aliphatic rings. The lowest BCUT2D eigenvalue weighted by Gasteiger charge is -2.30. The molecule has 2 unspecified atom stereocenters. The molecule has 104 valence electrons. The standard InChI is InChI=1S/C15H15ClN2O2/c1-19-15-5-2-9(8-18-15)14-7-12(17)11-6-10(16)3-4-13(11)20-14/h2-6,8,12,14H,7,17H2,1H3. The summed E-state index contributed by atoms with van der Waals surface area (Å²) in [6, 6.07) is 9.21. The minimum Gasteiger partial charge on any atom is -0.485 e. The largest absolute Gasteiger partial charge is 0.485 e. The fourth-order valence-corrected chi connectivity index (χ4v) is 2.56. The van der Waals surface area contributed by atoms with Crippen molar-refractivity contribution in [1.29, 1.82) is 0 Å². The Labute approximate surface area is 122 Å². The third-order valence-corrected chi connectivity index (χ3v) is 3.68. The number of fused-ring (bicyclic) bond motifs is 1. The molecule has 0 bridgehead atoms. The van der Waals surface area contributed by atoms with E-state index in [1.807, 2.05) is 30.3 Å². The van der Waals surface area contributed by atoms with Crippen molar-refractivity contribution in [3.63, 3.8) is 0 Å². The van der Waals surface area contributed by atoms with E-state index in [0.717, 1.165) is 16.9 Å². The van der Waals surface area contributed by atoms with Crippen molar-refractivity contribution in [1.82, 2.24) is 4.98 Å². The van der Waals surface area contributed by atoms with E-state index in [1.54, 1.807) is 13.3 Å². The molecule has 3 rings (SSSR count). The molecule has 4 nitrogen and oxygen atoms in total. The van der Waals surface area contributed by atoms with Crippen LogP contribution in [0.5, 0.6) is 11.6 Å². The summed E-state index contributed by atoms with van der Waals surface area (Å²) in [5, 5.41) is 0.673. The molecule has 20 heavy (non-hydrogen) atoms. The van der Waals surface area contributed by atoms with Crippen LogP contribution in [-0.4, -0.2) is 12.1 Å². The number of hydrogen-bond acceptors (Lipinski definition) is 4. The van der Waals surface area contributed by atoms with E-state index in [9.17, 15) is 0 Å². The van der Waals surface area contributed by atoms with E-state index in [1.165, 1.54) is 0 Å². The van der Waals surface area contributed by atoms with Crippen LogP contribution in [0.1, 0.15) is 29.7 Å². The molecule has 0 fully saturated rings. The van der Waals surface area contributed by atoms with Gasteiger partial charge in [-0.25, -0.2) is 4.98 Å². The van der Waals surface area contributed by atoms with Crippen LogP contribution in [-0.2, 0) is 0 Å². The maximum Gasteiger partial charge on any atom is 0.212 e. The minimum absolute atomic E-state index is 0.0930. The van der Waals surface area contributed by atoms with Crippen LogP contribution in [0.15, 0.2) is 36.5 Å². The molecule has 2 heterocycles. The number of methoxy groups -OCH3 is 1. The third kappa shape index (κ3) is 2.44. The smallest absolute Gasteiger partial charge is 0.212 e. The average Bonchev–Trinajstić information content (AvgIpc) is 2.48. The predicted molar refractivity (Wildman–Crippen MR) is 77.2 cm³/mol. The van der Waals surface area contributed by atoms with Crippen LogP contribution in [0, 0.1) is 0 Å². The number of hydrogen-bond donors (Lipinski definition) is 1. The molecule has 2 aromatic rings. The predicted octanol–water partition coefficient (Wildman–Crippen LogP) is 3.27. The highest BCUT2D eigenvalue weighted by Gasteiger charge is 2.27. The summed E-state index contributed by atoms with van der Waals surface area (Å²) in [5.74, 6) is 1.37. The normalized spacial score (nSPS) is 20.9. The van der Waals surface area contributed by atoms with E-state index in [4.69, 9.17) is 26.8 Å². The monoisotopic (exact) mass is 290 g/mol. The molecule has 5 heteroatoms. The lowest BCUT2D eigenvalue weighted by atomic mass is 9.94. The van der Waals surface area contributed by atoms with E-state index in [2.05, 4.69) is 4.98 Å². The molecule has 0 aliphatic carbocycles. The molecule has 1 aromatic heterocycles. The summed E-state index contributed by atoms with van der Waals surface area (Å²) >= 11 is 5.99. The van der Waals surface area contributed by atoms with Crippen molar-refractivity contribution in [3.8, 4) is 11.6 Å². The Bertz CT molecular complexity index is 616. The van der Waals surface area contributed by atoms with Gasteiger partial charge < -0.3 is 15.2 Å². The third-order valence-electron chi connectivity index (χ3n) is 3.45. The molecule has 0 amide bonds. The maximum absolute atomic E-state index is 6.22. The molecule has 0 saturated heterocycles. The Balaban J connectivity index is 1.88. The van der Waals surface area contributed by atoms with Gasteiger partial charge in [0.2, 0.25) is 5.88 Å². The average molecular weight is 291 g/mol. The SMILES string of the molecule is COc1ccc(C2CC(N)c3cc(Cl)ccc3O2)cn1. The summed E-state index contributed by atoms with van der Waals surface area (Å²) in [4.78, 5) is 4.20. The topological polar surface area (TPSA) is 57.4 Å². The maximum atomic E-state index is 6.22. The van der Waals surface area contributed by atoms with Gasteiger partial charge in [0, 0.05) is 40.9 Å². The van der Waals surface area contributed by atoms with Crippen LogP contribution < -0.4 is 15.2 Å². The van der Waals surface area contributed by atoms with E-state index in [-0.39, 0.29) is 12.1 Å². The zero-order valence-corrected chi connectivity index (χ0v) is 11.8. The second-order valence-electron chi connectivity index (χ2n) is 4.76. The summed E-state index contributed by atoms with van der Waals surface area (Å²) in [6.45, 7) is 0. The number of nitrogens with zero attached hydrogens (tertiary/aromatic N) is 1. The van der Waals surface area contributed by atoms with Crippen LogP contribution in [0.2, 0.25) is 5.02 Å². The quantitative estimate of drug-likeness (QED) is 0.922. The molecule has 1 aromatic carbocycles. The number of benzene rings is 1. The van der Waals surface area contributed by atoms with E-state index < -0.39 is 0 Å². The Hall–Kier alpha value is -1.78. The number of nitrogens with two attached hydrogens (primary N) is 1. The van der Waals surface area contributed by atoms with Gasteiger partial charge in [-0.15, -0.1) is 0 Å². The van der Waals surface area contributed by atoms with Crippen molar-refractivity contribution in [2.24, 2.45) is 5.73 Å². The van der Waals surface area contributed by atoms with Gasteiger partial charge in [0.25, 0.3) is 0 Å². The number of rotatable bonds is 2. The minimum atomic E-state index is -0.0999. The van der Waals surface area contributed by atoms with Gasteiger partial charge in [-0.3, -0.25) is 0 Å². The summed E-state index contributed by atoms with van der Waals surface area (Å²) in [7, 11) is 1.59. The molecule has 0 saturated carbocycles. The summed E-state index contributed by atoms with van der Waals surface area (Å²) in [5.41, 5.74) is 8.16. The fraction of sp³-hybridized carbons (Fsp3) is 0.267. The molecular weight excluding hydrogens is 276 g/mol. The van der Waals surface area contributed by atoms with Gasteiger partial charge in [-0.05, 0) is 24.3 Å². The van der Waals surface area contributed by atoms with Crippen molar-refractivity contribution in [3.05, 3.63) is 52.7 Å². The van der Waals surface area contributed by atoms with Gasteiger partial charge in [0.15, 0.2) is 0 Å². The van der Waals surface area contributed by atoms with Gasteiger partial charge in [0.1, 0.15) is 11.9 Å². The van der Waals surface area contributed by atoms with Crippen molar-refractivity contribution >= 4 is 11.6 Å². The van der Waals surface area contributed by atoms with Crippen molar-refractivity contribution in [2.75, 3.05) is 7.11 Å². The van der Waals surface area contributed by atoms with Crippen LogP contribution in [0.25, 0.3) is 0 Å². The lowest BCUT2D eigenvalue weighted by molar-refractivity contribution is 0.161. The Morgan fingerprint density at radius 2 is 2.20 bits per heavy atom. The second kappa shape index (κ2) is 5.31. The highest BCUT2D eigenvalue weighted by molar-refractivity contribution is 6.30. The van der Waals surface area contributed by atoms with Crippen LogP contribution in [0.3, 0.4) is 0 Å². The summed E-state index contributed by atoms with van der Waals surface area (Å²) in [6.07, 6.45) is 2.36. The summed E-state index contributed by atoms with van der Waals surface area (Å²) < 4.78 is 11.1. The number of pyridine rings is 1. The molecule has 0 spiro atoms. The van der Waals surface area contributed by atoms with Gasteiger partial charge in [-0.1, -0.05) is 11.6 Å². The number of halogens is 1.